The third-order valence-electron chi connectivity index (χ3n) is 6.12. The average molecular weight is 343 g/mol. The maximum absolute atomic E-state index is 12.7. The van der Waals surface area contributed by atoms with Crippen molar-refractivity contribution in [3.8, 4) is 5.75 Å². The number of carbonyl (C=O) groups excluding carboxylic acids is 1. The molecule has 3 atom stereocenters. The van der Waals surface area contributed by atoms with E-state index in [1.165, 1.54) is 32.2 Å². The summed E-state index contributed by atoms with van der Waals surface area (Å²) >= 11 is 0. The van der Waals surface area contributed by atoms with Crippen LogP contribution >= 0.6 is 0 Å². The zero-order valence-electron chi connectivity index (χ0n) is 15.0. The van der Waals surface area contributed by atoms with Gasteiger partial charge >= 0.3 is 6.03 Å². The van der Waals surface area contributed by atoms with Gasteiger partial charge in [0.05, 0.1) is 6.04 Å². The van der Waals surface area contributed by atoms with E-state index in [0.29, 0.717) is 12.0 Å². The van der Waals surface area contributed by atoms with E-state index < -0.39 is 0 Å². The Bertz CT molecular complexity index is 631. The van der Waals surface area contributed by atoms with Crippen molar-refractivity contribution >= 4 is 6.03 Å². The second-order valence-corrected chi connectivity index (χ2v) is 7.94. The number of phenolic OH excluding ortho intramolecular Hbond substituents is 1. The number of piperidine rings is 2. The SMILES string of the molecule is C[C@H](NC(=O)N1CCC2C(CCCN2C2CC2)C1)c1cccc(O)c1. The van der Waals surface area contributed by atoms with Crippen molar-refractivity contribution in [1.82, 2.24) is 15.1 Å². The molecule has 3 fully saturated rings. The second-order valence-electron chi connectivity index (χ2n) is 7.94. The quantitative estimate of drug-likeness (QED) is 0.887. The number of likely N-dealkylation sites (tertiary alicyclic amines) is 2. The first-order valence-corrected chi connectivity index (χ1v) is 9.72. The van der Waals surface area contributed by atoms with Crippen LogP contribution in [-0.4, -0.2) is 52.7 Å². The number of nitrogens with zero attached hydrogens (tertiary/aromatic N) is 2. The summed E-state index contributed by atoms with van der Waals surface area (Å²) < 4.78 is 0. The molecule has 2 amide bonds. The Kier molecular flexibility index (Phi) is 4.59. The molecule has 1 saturated carbocycles. The van der Waals surface area contributed by atoms with Gasteiger partial charge in [0.15, 0.2) is 0 Å². The molecule has 25 heavy (non-hydrogen) atoms. The van der Waals surface area contributed by atoms with Crippen molar-refractivity contribution in [3.05, 3.63) is 29.8 Å². The summed E-state index contributed by atoms with van der Waals surface area (Å²) in [4.78, 5) is 17.4. The number of urea groups is 1. The molecule has 2 aliphatic heterocycles. The van der Waals surface area contributed by atoms with Gasteiger partial charge in [0, 0.05) is 25.2 Å². The number of benzene rings is 1. The number of aromatic hydroxyl groups is 1. The Balaban J connectivity index is 1.35. The summed E-state index contributed by atoms with van der Waals surface area (Å²) in [5.74, 6) is 0.867. The van der Waals surface area contributed by atoms with Gasteiger partial charge < -0.3 is 15.3 Å². The van der Waals surface area contributed by atoms with Crippen LogP contribution in [0.15, 0.2) is 24.3 Å². The highest BCUT2D eigenvalue weighted by atomic mass is 16.3. The van der Waals surface area contributed by atoms with Gasteiger partial charge in [-0.3, -0.25) is 4.90 Å². The molecular weight excluding hydrogens is 314 g/mol. The molecule has 0 aromatic heterocycles. The van der Waals surface area contributed by atoms with Crippen molar-refractivity contribution in [2.24, 2.45) is 5.92 Å². The molecule has 5 nitrogen and oxygen atoms in total. The van der Waals surface area contributed by atoms with Crippen LogP contribution in [0.4, 0.5) is 4.79 Å². The van der Waals surface area contributed by atoms with Crippen LogP contribution in [0.3, 0.4) is 0 Å². The summed E-state index contributed by atoms with van der Waals surface area (Å²) in [6, 6.07) is 8.56. The molecule has 2 saturated heterocycles. The fourth-order valence-corrected chi connectivity index (χ4v) is 4.64. The van der Waals surface area contributed by atoms with Crippen LogP contribution < -0.4 is 5.32 Å². The Labute approximate surface area is 150 Å². The Morgan fingerprint density at radius 1 is 1.24 bits per heavy atom. The summed E-state index contributed by atoms with van der Waals surface area (Å²) in [7, 11) is 0. The first-order chi connectivity index (χ1) is 12.1. The first-order valence-electron chi connectivity index (χ1n) is 9.72. The van der Waals surface area contributed by atoms with E-state index in [4.69, 9.17) is 0 Å². The summed E-state index contributed by atoms with van der Waals surface area (Å²) in [6.45, 7) is 4.96. The van der Waals surface area contributed by atoms with E-state index in [1.807, 2.05) is 24.0 Å². The number of nitrogens with one attached hydrogen (secondary N) is 1. The maximum atomic E-state index is 12.7. The molecule has 136 valence electrons. The second kappa shape index (κ2) is 6.87. The minimum absolute atomic E-state index is 0.0258. The number of fused-ring (bicyclic) bond motifs is 1. The molecule has 5 heteroatoms. The number of hydrogen-bond donors (Lipinski definition) is 2. The molecule has 2 N–H and O–H groups in total. The highest BCUT2D eigenvalue weighted by molar-refractivity contribution is 5.74. The van der Waals surface area contributed by atoms with E-state index in [1.54, 1.807) is 12.1 Å². The maximum Gasteiger partial charge on any atom is 0.317 e. The van der Waals surface area contributed by atoms with Crippen LogP contribution in [0.25, 0.3) is 0 Å². The topological polar surface area (TPSA) is 55.8 Å². The lowest BCUT2D eigenvalue weighted by atomic mass is 9.83. The molecule has 0 radical (unpaired) electrons. The largest absolute Gasteiger partial charge is 0.508 e. The Hall–Kier alpha value is -1.75. The number of rotatable bonds is 3. The number of phenols is 1. The van der Waals surface area contributed by atoms with Crippen molar-refractivity contribution in [3.63, 3.8) is 0 Å². The molecule has 2 unspecified atom stereocenters. The minimum Gasteiger partial charge on any atom is -0.508 e. The molecule has 1 aromatic rings. The molecule has 4 rings (SSSR count). The smallest absolute Gasteiger partial charge is 0.317 e. The lowest BCUT2D eigenvalue weighted by molar-refractivity contribution is 0.0292. The zero-order valence-corrected chi connectivity index (χ0v) is 15.0. The molecule has 1 aromatic carbocycles. The van der Waals surface area contributed by atoms with E-state index in [2.05, 4.69) is 10.2 Å². The Morgan fingerprint density at radius 2 is 2.08 bits per heavy atom. The minimum atomic E-state index is -0.105. The van der Waals surface area contributed by atoms with Gasteiger partial charge in [-0.25, -0.2) is 4.79 Å². The monoisotopic (exact) mass is 343 g/mol. The normalized spacial score (nSPS) is 28.3. The molecular formula is C20H29N3O2. The van der Waals surface area contributed by atoms with E-state index >= 15 is 0 Å². The fraction of sp³-hybridized carbons (Fsp3) is 0.650. The van der Waals surface area contributed by atoms with Crippen LogP contribution in [-0.2, 0) is 0 Å². The van der Waals surface area contributed by atoms with Gasteiger partial charge in [-0.2, -0.15) is 0 Å². The van der Waals surface area contributed by atoms with Gasteiger partial charge in [-0.15, -0.1) is 0 Å². The van der Waals surface area contributed by atoms with Gasteiger partial charge in [-0.05, 0) is 69.2 Å². The molecule has 0 spiro atoms. The fourth-order valence-electron chi connectivity index (χ4n) is 4.64. The van der Waals surface area contributed by atoms with Crippen molar-refractivity contribution < 1.29 is 9.90 Å². The summed E-state index contributed by atoms with van der Waals surface area (Å²) in [5, 5.41) is 12.7. The van der Waals surface area contributed by atoms with Gasteiger partial charge in [0.25, 0.3) is 0 Å². The van der Waals surface area contributed by atoms with Crippen molar-refractivity contribution in [2.75, 3.05) is 19.6 Å². The van der Waals surface area contributed by atoms with Gasteiger partial charge in [0.1, 0.15) is 5.75 Å². The summed E-state index contributed by atoms with van der Waals surface area (Å²) in [6.07, 6.45) is 6.37. The molecule has 0 bridgehead atoms. The van der Waals surface area contributed by atoms with E-state index in [0.717, 1.165) is 31.1 Å². The van der Waals surface area contributed by atoms with Gasteiger partial charge in [-0.1, -0.05) is 12.1 Å². The van der Waals surface area contributed by atoms with Crippen LogP contribution in [0.1, 0.15) is 50.6 Å². The highest BCUT2D eigenvalue weighted by Crippen LogP contribution is 2.38. The predicted octanol–water partition coefficient (Wildman–Crippen LogP) is 3.11. The van der Waals surface area contributed by atoms with Crippen molar-refractivity contribution in [1.29, 1.82) is 0 Å². The van der Waals surface area contributed by atoms with Crippen LogP contribution in [0, 0.1) is 5.92 Å². The first kappa shape index (κ1) is 16.7. The van der Waals surface area contributed by atoms with Gasteiger partial charge in [0.2, 0.25) is 0 Å². The third kappa shape index (κ3) is 3.61. The Morgan fingerprint density at radius 3 is 2.84 bits per heavy atom. The van der Waals surface area contributed by atoms with E-state index in [-0.39, 0.29) is 17.8 Å². The summed E-state index contributed by atoms with van der Waals surface area (Å²) in [5.41, 5.74) is 0.931. The average Bonchev–Trinajstić information content (AvgIpc) is 3.45. The number of amides is 2. The van der Waals surface area contributed by atoms with Crippen LogP contribution in [0.2, 0.25) is 0 Å². The lowest BCUT2D eigenvalue weighted by Crippen LogP contribution is -2.57. The lowest BCUT2D eigenvalue weighted by Gasteiger charge is -2.47. The predicted molar refractivity (Wildman–Crippen MR) is 97.5 cm³/mol. The number of hydrogen-bond acceptors (Lipinski definition) is 3. The number of carbonyl (C=O) groups is 1. The molecule has 1 aliphatic carbocycles. The standard InChI is InChI=1S/C20H29N3O2/c1-14(15-4-2-6-18(24)12-15)21-20(25)22-11-9-19-16(13-22)5-3-10-23(19)17-7-8-17/h2,4,6,12,14,16-17,19,24H,3,5,7-11,13H2,1H3,(H,21,25)/t14-,16?,19?/m0/s1. The van der Waals surface area contributed by atoms with Crippen molar-refractivity contribution in [2.45, 2.75) is 57.2 Å². The molecule has 2 heterocycles. The highest BCUT2D eigenvalue weighted by Gasteiger charge is 2.42. The van der Waals surface area contributed by atoms with E-state index in [9.17, 15) is 9.90 Å². The third-order valence-corrected chi connectivity index (χ3v) is 6.12. The van der Waals surface area contributed by atoms with Crippen LogP contribution in [0.5, 0.6) is 5.75 Å². The zero-order chi connectivity index (χ0) is 17.4. The molecule has 3 aliphatic rings.